The Labute approximate surface area is 208 Å². The van der Waals surface area contributed by atoms with Crippen molar-refractivity contribution >= 4 is 11.8 Å². The molecule has 9 heteroatoms. The Hall–Kier alpha value is -2.67. The largest absolute Gasteiger partial charge is 0.472 e. The molecule has 0 bridgehead atoms. The van der Waals surface area contributed by atoms with E-state index in [1.165, 1.54) is 0 Å². The smallest absolute Gasteiger partial charge is 0.259 e. The number of pyridine rings is 1. The van der Waals surface area contributed by atoms with Crippen molar-refractivity contribution in [2.45, 2.75) is 45.8 Å². The molecular weight excluding hydrogens is 448 g/mol. The highest BCUT2D eigenvalue weighted by molar-refractivity contribution is 5.97. The number of unbranched alkanes of at least 4 members (excludes halogenated alkanes) is 1. The van der Waals surface area contributed by atoms with Crippen LogP contribution in [-0.2, 0) is 9.53 Å². The van der Waals surface area contributed by atoms with Crippen LogP contribution in [0.1, 0.15) is 49.5 Å². The third-order valence-electron chi connectivity index (χ3n) is 6.47. The Balaban J connectivity index is 1.83. The van der Waals surface area contributed by atoms with Gasteiger partial charge in [0.05, 0.1) is 39.0 Å². The lowest BCUT2D eigenvalue weighted by molar-refractivity contribution is -0.133. The predicted molar refractivity (Wildman–Crippen MR) is 132 cm³/mol. The van der Waals surface area contributed by atoms with Gasteiger partial charge in [0.15, 0.2) is 0 Å². The number of aliphatic hydroxyl groups is 1. The fourth-order valence-electron chi connectivity index (χ4n) is 4.12. The number of amides is 2. The highest BCUT2D eigenvalue weighted by Gasteiger charge is 2.34. The Morgan fingerprint density at radius 2 is 2.11 bits per heavy atom. The van der Waals surface area contributed by atoms with Gasteiger partial charge < -0.3 is 24.4 Å². The number of hydrogen-bond acceptors (Lipinski definition) is 7. The van der Waals surface area contributed by atoms with Crippen LogP contribution in [0.15, 0.2) is 12.3 Å². The van der Waals surface area contributed by atoms with Crippen LogP contribution in [0.4, 0.5) is 0 Å². The maximum atomic E-state index is 13.4. The molecule has 3 heterocycles. The van der Waals surface area contributed by atoms with Crippen LogP contribution >= 0.6 is 0 Å². The molecule has 0 unspecified atom stereocenters. The van der Waals surface area contributed by atoms with Gasteiger partial charge in [-0.1, -0.05) is 25.7 Å². The molecule has 1 aromatic heterocycles. The number of carbonyl (C=O) groups excluding carboxylic acids is 2. The number of likely N-dealkylation sites (N-methyl/N-ethyl adjacent to an activating group) is 1. The van der Waals surface area contributed by atoms with Crippen molar-refractivity contribution in [2.75, 3.05) is 59.6 Å². The summed E-state index contributed by atoms with van der Waals surface area (Å²) >= 11 is 0. The second-order valence-corrected chi connectivity index (χ2v) is 9.41. The summed E-state index contributed by atoms with van der Waals surface area (Å²) in [6.45, 7) is 9.56. The van der Waals surface area contributed by atoms with E-state index in [-0.39, 0.29) is 42.4 Å². The van der Waals surface area contributed by atoms with Gasteiger partial charge in [-0.2, -0.15) is 0 Å². The molecule has 3 atom stereocenters. The fraction of sp³-hybridized carbons (Fsp3) is 0.654. The first-order valence-corrected chi connectivity index (χ1v) is 12.5. The second-order valence-electron chi connectivity index (χ2n) is 9.41. The quantitative estimate of drug-likeness (QED) is 0.580. The molecule has 0 saturated carbocycles. The van der Waals surface area contributed by atoms with Gasteiger partial charge in [-0.3, -0.25) is 14.5 Å². The average Bonchev–Trinajstić information content (AvgIpc) is 2.86. The Bertz CT molecular complexity index is 937. The molecular formula is C26H38N4O5. The minimum atomic E-state index is -0.376. The third-order valence-corrected chi connectivity index (χ3v) is 6.47. The van der Waals surface area contributed by atoms with Crippen LogP contribution in [0.5, 0.6) is 5.88 Å². The van der Waals surface area contributed by atoms with E-state index in [1.807, 2.05) is 13.8 Å². The van der Waals surface area contributed by atoms with Gasteiger partial charge in [-0.05, 0) is 19.4 Å². The van der Waals surface area contributed by atoms with Crippen molar-refractivity contribution in [1.82, 2.24) is 19.7 Å². The molecule has 1 saturated heterocycles. The molecule has 2 amide bonds. The SMILES string of the molecule is CCCC#Cc1cnc2c(c1)C(=O)N([C@@H](C)CO)C[C@@H](C)[C@@H](CN(C)C(=O)CN1CCOCC1)O2. The molecule has 192 valence electrons. The first-order valence-electron chi connectivity index (χ1n) is 12.5. The van der Waals surface area contributed by atoms with E-state index in [9.17, 15) is 14.7 Å². The molecule has 0 aliphatic carbocycles. The van der Waals surface area contributed by atoms with E-state index in [2.05, 4.69) is 28.6 Å². The normalized spacial score (nSPS) is 21.6. The molecule has 3 rings (SSSR count). The number of rotatable bonds is 7. The summed E-state index contributed by atoms with van der Waals surface area (Å²) in [5, 5.41) is 9.81. The van der Waals surface area contributed by atoms with E-state index in [1.54, 1.807) is 29.1 Å². The number of aliphatic hydroxyl groups excluding tert-OH is 1. The standard InChI is InChI=1S/C26H38N4O5/c1-5-6-7-8-21-13-22-25(27-14-21)35-23(19(2)15-30(26(22)33)20(3)18-31)16-28(4)24(32)17-29-9-11-34-12-10-29/h13-14,19-20,23,31H,5-6,9-12,15-18H2,1-4H3/t19-,20+,23-/m1/s1. The summed E-state index contributed by atoms with van der Waals surface area (Å²) in [7, 11) is 1.78. The molecule has 1 aromatic rings. The maximum absolute atomic E-state index is 13.4. The van der Waals surface area contributed by atoms with Crippen molar-refractivity contribution in [2.24, 2.45) is 5.92 Å². The van der Waals surface area contributed by atoms with E-state index in [0.29, 0.717) is 44.0 Å². The highest BCUT2D eigenvalue weighted by Crippen LogP contribution is 2.27. The van der Waals surface area contributed by atoms with Crippen molar-refractivity contribution in [3.05, 3.63) is 23.4 Å². The molecule has 1 fully saturated rings. The molecule has 0 spiro atoms. The zero-order chi connectivity index (χ0) is 25.4. The minimum Gasteiger partial charge on any atom is -0.472 e. The van der Waals surface area contributed by atoms with Crippen molar-refractivity contribution in [3.63, 3.8) is 0 Å². The lowest BCUT2D eigenvalue weighted by Crippen LogP contribution is -2.51. The molecule has 9 nitrogen and oxygen atoms in total. The predicted octanol–water partition coefficient (Wildman–Crippen LogP) is 1.24. The molecule has 2 aliphatic rings. The summed E-state index contributed by atoms with van der Waals surface area (Å²) in [5.74, 6) is 6.05. The zero-order valence-corrected chi connectivity index (χ0v) is 21.3. The summed E-state index contributed by atoms with van der Waals surface area (Å²) in [6.07, 6.45) is 2.95. The molecule has 1 N–H and O–H groups in total. The number of fused-ring (bicyclic) bond motifs is 1. The summed E-state index contributed by atoms with van der Waals surface area (Å²) < 4.78 is 11.6. The third kappa shape index (κ3) is 7.17. The first kappa shape index (κ1) is 26.9. The number of ether oxygens (including phenoxy) is 2. The molecule has 0 radical (unpaired) electrons. The fourth-order valence-corrected chi connectivity index (χ4v) is 4.12. The zero-order valence-electron chi connectivity index (χ0n) is 21.3. The summed E-state index contributed by atoms with van der Waals surface area (Å²) in [6, 6.07) is 1.34. The van der Waals surface area contributed by atoms with Crippen LogP contribution < -0.4 is 4.74 Å². The number of aromatic nitrogens is 1. The van der Waals surface area contributed by atoms with Gasteiger partial charge in [0.25, 0.3) is 5.91 Å². The Morgan fingerprint density at radius 3 is 2.80 bits per heavy atom. The van der Waals surface area contributed by atoms with Gasteiger partial charge >= 0.3 is 0 Å². The van der Waals surface area contributed by atoms with Gasteiger partial charge in [-0.25, -0.2) is 4.98 Å². The van der Waals surface area contributed by atoms with E-state index in [0.717, 1.165) is 25.9 Å². The van der Waals surface area contributed by atoms with Crippen molar-refractivity contribution in [1.29, 1.82) is 0 Å². The van der Waals surface area contributed by atoms with Gasteiger partial charge in [0.2, 0.25) is 11.8 Å². The average molecular weight is 487 g/mol. The summed E-state index contributed by atoms with van der Waals surface area (Å²) in [4.78, 5) is 36.2. The van der Waals surface area contributed by atoms with Gasteiger partial charge in [0.1, 0.15) is 11.7 Å². The Morgan fingerprint density at radius 1 is 1.37 bits per heavy atom. The van der Waals surface area contributed by atoms with E-state index < -0.39 is 0 Å². The molecule has 2 aliphatic heterocycles. The number of carbonyl (C=O) groups is 2. The van der Waals surface area contributed by atoms with Crippen LogP contribution in [0, 0.1) is 17.8 Å². The number of hydrogen-bond donors (Lipinski definition) is 1. The van der Waals surface area contributed by atoms with Gasteiger partial charge in [-0.15, -0.1) is 0 Å². The topological polar surface area (TPSA) is 95.4 Å². The first-order chi connectivity index (χ1) is 16.8. The van der Waals surface area contributed by atoms with Crippen LogP contribution in [-0.4, -0.2) is 108 Å². The van der Waals surface area contributed by atoms with Crippen LogP contribution in [0.2, 0.25) is 0 Å². The van der Waals surface area contributed by atoms with Crippen molar-refractivity contribution < 1.29 is 24.2 Å². The summed E-state index contributed by atoms with van der Waals surface area (Å²) in [5.41, 5.74) is 0.974. The van der Waals surface area contributed by atoms with E-state index in [4.69, 9.17) is 9.47 Å². The van der Waals surface area contributed by atoms with Crippen molar-refractivity contribution in [3.8, 4) is 17.7 Å². The number of morpholine rings is 1. The molecule has 0 aromatic carbocycles. The monoisotopic (exact) mass is 486 g/mol. The van der Waals surface area contributed by atoms with E-state index >= 15 is 0 Å². The van der Waals surface area contributed by atoms with Crippen LogP contribution in [0.3, 0.4) is 0 Å². The maximum Gasteiger partial charge on any atom is 0.259 e. The number of nitrogens with zero attached hydrogens (tertiary/aromatic N) is 4. The van der Waals surface area contributed by atoms with Gasteiger partial charge in [0, 0.05) is 50.8 Å². The minimum absolute atomic E-state index is 0.0103. The lowest BCUT2D eigenvalue weighted by Gasteiger charge is -2.38. The Kier molecular flexibility index (Phi) is 9.90. The second kappa shape index (κ2) is 12.9. The highest BCUT2D eigenvalue weighted by atomic mass is 16.5. The van der Waals surface area contributed by atoms with Crippen LogP contribution in [0.25, 0.3) is 0 Å². The lowest BCUT2D eigenvalue weighted by atomic mass is 10.00. The molecule has 35 heavy (non-hydrogen) atoms.